The van der Waals surface area contributed by atoms with Crippen LogP contribution in [0.1, 0.15) is 125 Å². The van der Waals surface area contributed by atoms with Crippen LogP contribution >= 0.6 is 0 Å². The lowest BCUT2D eigenvalue weighted by Gasteiger charge is -2.32. The van der Waals surface area contributed by atoms with Crippen LogP contribution in [0.15, 0.2) is 73.6 Å². The van der Waals surface area contributed by atoms with Gasteiger partial charge < -0.3 is 39.9 Å². The van der Waals surface area contributed by atoms with Crippen molar-refractivity contribution < 1.29 is 19.1 Å². The Morgan fingerprint density at radius 2 is 1.04 bits per heavy atom. The number of H-pyrrole nitrogens is 2. The molecule has 2 saturated heterocycles. The van der Waals surface area contributed by atoms with Gasteiger partial charge in [-0.2, -0.15) is 10.2 Å². The number of aromatic nitrogens is 8. The van der Waals surface area contributed by atoms with Gasteiger partial charge in [0.2, 0.25) is 11.8 Å². The first-order valence-corrected chi connectivity index (χ1v) is 26.1. The van der Waals surface area contributed by atoms with Gasteiger partial charge in [-0.25, -0.2) is 19.0 Å². The van der Waals surface area contributed by atoms with E-state index in [0.29, 0.717) is 85.2 Å². The molecule has 0 saturated carbocycles. The predicted molar refractivity (Wildman–Crippen MR) is 283 cm³/mol. The second-order valence-corrected chi connectivity index (χ2v) is 20.5. The van der Waals surface area contributed by atoms with Gasteiger partial charge in [-0.15, -0.1) is 0 Å². The lowest BCUT2D eigenvalue weighted by molar-refractivity contribution is -0.123. The Bertz CT molecular complexity index is 2970. The molecule has 6 aromatic heterocycles. The van der Waals surface area contributed by atoms with Crippen LogP contribution in [-0.2, 0) is 9.59 Å². The van der Waals surface area contributed by atoms with E-state index in [1.165, 1.54) is 33.0 Å². The molecule has 0 unspecified atom stereocenters. The molecule has 2 aromatic carbocycles. The Labute approximate surface area is 421 Å². The van der Waals surface area contributed by atoms with Gasteiger partial charge >= 0.3 is 0 Å². The van der Waals surface area contributed by atoms with E-state index >= 15 is 0 Å². The Morgan fingerprint density at radius 1 is 0.625 bits per heavy atom. The van der Waals surface area contributed by atoms with Crippen LogP contribution in [0.2, 0.25) is 0 Å². The topological polar surface area (TPSA) is 175 Å². The number of ether oxygens (including phenoxy) is 2. The van der Waals surface area contributed by atoms with Crippen LogP contribution in [0.25, 0.3) is 55.6 Å². The molecule has 0 atom stereocenters. The second kappa shape index (κ2) is 21.5. The van der Waals surface area contributed by atoms with Crippen LogP contribution in [0.3, 0.4) is 0 Å². The van der Waals surface area contributed by atoms with Crippen molar-refractivity contribution in [3.05, 3.63) is 95.8 Å². The molecule has 10 rings (SSSR count). The predicted octanol–water partition coefficient (Wildman–Crippen LogP) is 9.18. The average Bonchev–Trinajstić information content (AvgIpc) is 4.22. The molecule has 2 aliphatic heterocycles. The summed E-state index contributed by atoms with van der Waals surface area (Å²) in [4.78, 5) is 46.5. The maximum Gasteiger partial charge on any atom is 0.220 e. The zero-order chi connectivity index (χ0) is 49.9. The van der Waals surface area contributed by atoms with Crippen LogP contribution in [0, 0.1) is 0 Å². The number of hydrogen-bond donors (Lipinski definition) is 4. The van der Waals surface area contributed by atoms with Crippen molar-refractivity contribution >= 4 is 44.9 Å². The van der Waals surface area contributed by atoms with Gasteiger partial charge in [0.15, 0.2) is 22.8 Å². The maximum atomic E-state index is 12.7. The molecular weight excluding hydrogens is 905 g/mol. The molecule has 8 heterocycles. The van der Waals surface area contributed by atoms with Crippen LogP contribution < -0.4 is 20.1 Å². The van der Waals surface area contributed by atoms with Crippen molar-refractivity contribution in [3.8, 4) is 34.0 Å². The van der Waals surface area contributed by atoms with Gasteiger partial charge in [0.25, 0.3) is 0 Å². The number of carbonyl (C=O) groups excluding carboxylic acids is 2. The molecule has 16 nitrogen and oxygen atoms in total. The number of nitrogens with zero attached hydrogens (tertiary/aromatic N) is 8. The zero-order valence-corrected chi connectivity index (χ0v) is 42.8. The number of aromatic amines is 2. The van der Waals surface area contributed by atoms with Crippen molar-refractivity contribution in [3.63, 3.8) is 0 Å². The minimum Gasteiger partial charge on any atom is -0.493 e. The van der Waals surface area contributed by atoms with E-state index in [1.807, 2.05) is 24.5 Å². The molecule has 2 aliphatic rings. The highest BCUT2D eigenvalue weighted by molar-refractivity contribution is 5.93. The van der Waals surface area contributed by atoms with E-state index in [9.17, 15) is 9.59 Å². The van der Waals surface area contributed by atoms with Crippen molar-refractivity contribution in [1.29, 1.82) is 0 Å². The summed E-state index contributed by atoms with van der Waals surface area (Å²) in [6.45, 7) is 16.0. The number of amides is 2. The molecule has 8 aromatic rings. The van der Waals surface area contributed by atoms with Crippen molar-refractivity contribution in [1.82, 2.24) is 59.6 Å². The molecule has 2 fully saturated rings. The van der Waals surface area contributed by atoms with Crippen molar-refractivity contribution in [2.45, 2.75) is 103 Å². The third kappa shape index (κ3) is 10.3. The third-order valence-electron chi connectivity index (χ3n) is 15.3. The Morgan fingerprint density at radius 3 is 1.43 bits per heavy atom. The number of fused-ring (bicyclic) bond motifs is 4. The quantitative estimate of drug-likeness (QED) is 0.0572. The summed E-state index contributed by atoms with van der Waals surface area (Å²) in [6.07, 6.45) is 13.8. The number of pyridine rings is 2. The van der Waals surface area contributed by atoms with Gasteiger partial charge in [-0.3, -0.25) is 9.59 Å². The van der Waals surface area contributed by atoms with E-state index in [1.54, 1.807) is 35.9 Å². The molecule has 4 N–H and O–H groups in total. The molecule has 0 aliphatic carbocycles. The van der Waals surface area contributed by atoms with Crippen LogP contribution in [0.4, 0.5) is 0 Å². The molecule has 16 heteroatoms. The first kappa shape index (κ1) is 48.8. The molecule has 0 spiro atoms. The number of carbonyl (C=O) groups is 2. The van der Waals surface area contributed by atoms with E-state index < -0.39 is 0 Å². The SMILES string of the molecule is COc1cc(-c2[nH]c3ccc(C4CCN(CCNC(=O)CCCCC(=O)NCCN5CCC(c6ccc7[nH]c(-c8cc(OC)c9ncnn9c8)c(C(C)C)c7c6)CC5)CC4)cc3c2C(C)C)cn2ncnc12. The molecule has 378 valence electrons. The summed E-state index contributed by atoms with van der Waals surface area (Å²) in [5, 5.41) is 17.6. The molecule has 72 heavy (non-hydrogen) atoms. The molecule has 0 radical (unpaired) electrons. The minimum absolute atomic E-state index is 0.0641. The average molecular weight is 975 g/mol. The van der Waals surface area contributed by atoms with E-state index in [2.05, 4.69) is 115 Å². The van der Waals surface area contributed by atoms with Crippen LogP contribution in [0.5, 0.6) is 11.5 Å². The zero-order valence-electron chi connectivity index (χ0n) is 42.8. The van der Waals surface area contributed by atoms with E-state index in [0.717, 1.165) is 98.5 Å². The first-order chi connectivity index (χ1) is 35.0. The maximum absolute atomic E-state index is 12.7. The van der Waals surface area contributed by atoms with Crippen molar-refractivity contribution in [2.24, 2.45) is 0 Å². The Balaban J connectivity index is 0.612. The Hall–Kier alpha value is -6.78. The van der Waals surface area contributed by atoms with E-state index in [4.69, 9.17) is 9.47 Å². The van der Waals surface area contributed by atoms with Crippen molar-refractivity contribution in [2.75, 3.05) is 66.6 Å². The summed E-state index contributed by atoms with van der Waals surface area (Å²) in [5.41, 5.74) is 13.2. The fourth-order valence-electron chi connectivity index (χ4n) is 11.4. The first-order valence-electron chi connectivity index (χ1n) is 26.1. The van der Waals surface area contributed by atoms with Gasteiger partial charge in [0.1, 0.15) is 12.7 Å². The standard InChI is InChI=1S/C56H70N12O4/c1-35(2)51-43-27-39(11-13-45(43)63-53(51)41-29-47(71-5)55-59-33-61-67(55)31-41)37-15-21-65(22-16-37)25-19-57-49(69)9-7-8-10-50(70)58-20-26-66-23-17-38(18-24-66)40-12-14-46-44(28-40)52(36(3)4)54(64-46)42-30-48(72-6)56-60-34-62-68(56)32-42/h11-14,27-38,63-64H,7-10,15-26H2,1-6H3,(H,57,69)(H,58,70). The summed E-state index contributed by atoms with van der Waals surface area (Å²) in [6, 6.07) is 17.9. The van der Waals surface area contributed by atoms with Gasteiger partial charge in [0.05, 0.1) is 25.6 Å². The lowest BCUT2D eigenvalue weighted by atomic mass is 9.87. The number of unbranched alkanes of at least 4 members (excludes halogenated alkanes) is 1. The summed E-state index contributed by atoms with van der Waals surface area (Å²) in [7, 11) is 3.33. The number of benzene rings is 2. The lowest BCUT2D eigenvalue weighted by Crippen LogP contribution is -2.39. The third-order valence-corrected chi connectivity index (χ3v) is 15.3. The normalized spacial score (nSPS) is 15.5. The summed E-state index contributed by atoms with van der Waals surface area (Å²) in [5.74, 6) is 3.12. The van der Waals surface area contributed by atoms with Gasteiger partial charge in [-0.1, -0.05) is 39.8 Å². The number of likely N-dealkylation sites (tertiary alicyclic amines) is 2. The van der Waals surface area contributed by atoms with E-state index in [-0.39, 0.29) is 11.8 Å². The fourth-order valence-corrected chi connectivity index (χ4v) is 11.4. The second-order valence-electron chi connectivity index (χ2n) is 20.5. The number of piperidine rings is 2. The smallest absolute Gasteiger partial charge is 0.220 e. The molecule has 2 amide bonds. The largest absolute Gasteiger partial charge is 0.493 e. The number of nitrogens with one attached hydrogen (secondary N) is 4. The highest BCUT2D eigenvalue weighted by atomic mass is 16.5. The fraction of sp³-hybridized carbons (Fsp3) is 0.464. The van der Waals surface area contributed by atoms with Gasteiger partial charge in [0, 0.05) is 84.3 Å². The molecular formula is C56H70N12O4. The highest BCUT2D eigenvalue weighted by Crippen LogP contribution is 2.41. The minimum atomic E-state index is 0.0641. The highest BCUT2D eigenvalue weighted by Gasteiger charge is 2.26. The van der Waals surface area contributed by atoms with Crippen LogP contribution in [-0.4, -0.2) is 127 Å². The number of hydrogen-bond acceptors (Lipinski definition) is 10. The van der Waals surface area contributed by atoms with Gasteiger partial charge in [-0.05, 0) is 147 Å². The monoisotopic (exact) mass is 975 g/mol. The Kier molecular flexibility index (Phi) is 14.6. The molecule has 0 bridgehead atoms. The number of methoxy groups -OCH3 is 2. The summed E-state index contributed by atoms with van der Waals surface area (Å²) < 4.78 is 14.9. The summed E-state index contributed by atoms with van der Waals surface area (Å²) >= 11 is 0. The number of rotatable bonds is 19.